The van der Waals surface area contributed by atoms with Gasteiger partial charge in [0.2, 0.25) is 5.91 Å². The molecule has 0 aliphatic carbocycles. The number of benzene rings is 1. The van der Waals surface area contributed by atoms with Crippen molar-refractivity contribution in [2.45, 2.75) is 13.3 Å². The first kappa shape index (κ1) is 16.5. The molecule has 0 unspecified atom stereocenters. The Balaban J connectivity index is 1.61. The Hall–Kier alpha value is -2.90. The van der Waals surface area contributed by atoms with Crippen molar-refractivity contribution in [2.24, 2.45) is 0 Å². The Kier molecular flexibility index (Phi) is 5.67. The Morgan fingerprint density at radius 1 is 1.17 bits per heavy atom. The minimum atomic E-state index is -0.439. The van der Waals surface area contributed by atoms with Gasteiger partial charge in [-0.15, -0.1) is 0 Å². The van der Waals surface area contributed by atoms with Crippen LogP contribution in [0.1, 0.15) is 11.3 Å². The van der Waals surface area contributed by atoms with E-state index in [1.807, 2.05) is 0 Å². The molecule has 3 amide bonds. The third-order valence-electron chi connectivity index (χ3n) is 2.88. The number of nitrogens with one attached hydrogen (secondary N) is 3. The Labute approximate surface area is 132 Å². The van der Waals surface area contributed by atoms with Crippen LogP contribution in [0.4, 0.5) is 15.0 Å². The van der Waals surface area contributed by atoms with Crippen LogP contribution >= 0.6 is 0 Å². The summed E-state index contributed by atoms with van der Waals surface area (Å²) in [6.45, 7) is 2.26. The molecule has 0 bridgehead atoms. The molecule has 3 N–H and O–H groups in total. The second-order valence-electron chi connectivity index (χ2n) is 4.86. The number of hydrogen-bond acceptors (Lipinski definition) is 4. The molecule has 0 saturated heterocycles. The Bertz CT molecular complexity index is 670. The smallest absolute Gasteiger partial charge is 0.320 e. The van der Waals surface area contributed by atoms with Crippen LogP contribution < -0.4 is 16.0 Å². The molecule has 2 rings (SSSR count). The number of nitrogens with zero attached hydrogens (tertiary/aromatic N) is 1. The first-order valence-electron chi connectivity index (χ1n) is 7.02. The number of hydrogen-bond donors (Lipinski definition) is 3. The second-order valence-corrected chi connectivity index (χ2v) is 4.86. The number of aromatic nitrogens is 1. The highest BCUT2D eigenvalue weighted by atomic mass is 19.1. The van der Waals surface area contributed by atoms with Gasteiger partial charge in [0, 0.05) is 19.2 Å². The zero-order chi connectivity index (χ0) is 16.7. The van der Waals surface area contributed by atoms with Crippen molar-refractivity contribution < 1.29 is 18.5 Å². The van der Waals surface area contributed by atoms with E-state index in [1.54, 1.807) is 25.1 Å². The van der Waals surface area contributed by atoms with E-state index in [2.05, 4.69) is 21.1 Å². The van der Waals surface area contributed by atoms with Crippen molar-refractivity contribution >= 4 is 17.8 Å². The molecular weight excluding hydrogens is 303 g/mol. The minimum absolute atomic E-state index is 0.157. The van der Waals surface area contributed by atoms with Gasteiger partial charge in [-0.2, -0.15) is 0 Å². The van der Waals surface area contributed by atoms with Crippen LogP contribution in [-0.2, 0) is 11.2 Å². The molecule has 1 heterocycles. The Morgan fingerprint density at radius 3 is 2.52 bits per heavy atom. The number of amides is 3. The number of anilines is 1. The highest BCUT2D eigenvalue weighted by Gasteiger charge is 2.06. The van der Waals surface area contributed by atoms with Gasteiger partial charge in [0.25, 0.3) is 0 Å². The van der Waals surface area contributed by atoms with E-state index in [4.69, 9.17) is 4.52 Å². The van der Waals surface area contributed by atoms with E-state index in [9.17, 15) is 14.0 Å². The fourth-order valence-electron chi connectivity index (χ4n) is 1.81. The standard InChI is InChI=1S/C15H17FN4O3/c1-10-8-13(20-23-10)19-15(22)18-7-6-17-14(21)9-11-2-4-12(16)5-3-11/h2-5,8H,6-7,9H2,1H3,(H,17,21)(H2,18,19,20,22). The minimum Gasteiger partial charge on any atom is -0.360 e. The van der Waals surface area contributed by atoms with E-state index >= 15 is 0 Å². The van der Waals surface area contributed by atoms with E-state index in [0.717, 1.165) is 5.56 Å². The van der Waals surface area contributed by atoms with E-state index in [1.165, 1.54) is 12.1 Å². The van der Waals surface area contributed by atoms with Crippen LogP contribution in [0, 0.1) is 12.7 Å². The van der Waals surface area contributed by atoms with Gasteiger partial charge >= 0.3 is 6.03 Å². The number of aryl methyl sites for hydroxylation is 1. The summed E-state index contributed by atoms with van der Waals surface area (Å²) >= 11 is 0. The number of carbonyl (C=O) groups is 2. The molecule has 0 fully saturated rings. The van der Waals surface area contributed by atoms with Crippen LogP contribution in [0.25, 0.3) is 0 Å². The fourth-order valence-corrected chi connectivity index (χ4v) is 1.81. The molecule has 0 spiro atoms. The molecule has 0 aliphatic heterocycles. The highest BCUT2D eigenvalue weighted by molar-refractivity contribution is 5.88. The summed E-state index contributed by atoms with van der Waals surface area (Å²) in [6, 6.07) is 6.87. The number of carbonyl (C=O) groups excluding carboxylic acids is 2. The molecule has 7 nitrogen and oxygen atoms in total. The molecule has 0 radical (unpaired) electrons. The zero-order valence-electron chi connectivity index (χ0n) is 12.6. The second kappa shape index (κ2) is 7.92. The van der Waals surface area contributed by atoms with Crippen molar-refractivity contribution in [3.63, 3.8) is 0 Å². The molecule has 8 heteroatoms. The largest absolute Gasteiger partial charge is 0.360 e. The average Bonchev–Trinajstić information content (AvgIpc) is 2.91. The van der Waals surface area contributed by atoms with Crippen LogP contribution in [0.2, 0.25) is 0 Å². The molecule has 1 aromatic carbocycles. The molecule has 0 saturated carbocycles. The molecule has 23 heavy (non-hydrogen) atoms. The lowest BCUT2D eigenvalue weighted by Crippen LogP contribution is -2.37. The van der Waals surface area contributed by atoms with Gasteiger partial charge in [0.15, 0.2) is 5.82 Å². The highest BCUT2D eigenvalue weighted by Crippen LogP contribution is 2.06. The van der Waals surface area contributed by atoms with Gasteiger partial charge in [-0.1, -0.05) is 17.3 Å². The van der Waals surface area contributed by atoms with Crippen molar-refractivity contribution in [1.82, 2.24) is 15.8 Å². The lowest BCUT2D eigenvalue weighted by molar-refractivity contribution is -0.120. The summed E-state index contributed by atoms with van der Waals surface area (Å²) in [4.78, 5) is 23.2. The molecule has 1 aromatic heterocycles. The van der Waals surface area contributed by atoms with Crippen molar-refractivity contribution in [2.75, 3.05) is 18.4 Å². The van der Waals surface area contributed by atoms with Gasteiger partial charge in [0.1, 0.15) is 11.6 Å². The summed E-state index contributed by atoms with van der Waals surface area (Å²) in [5.41, 5.74) is 0.719. The summed E-state index contributed by atoms with van der Waals surface area (Å²) in [5.74, 6) is 0.367. The maximum atomic E-state index is 12.7. The predicted octanol–water partition coefficient (Wildman–Crippen LogP) is 1.60. The summed E-state index contributed by atoms with van der Waals surface area (Å²) in [5, 5.41) is 11.3. The quantitative estimate of drug-likeness (QED) is 0.704. The lowest BCUT2D eigenvalue weighted by Gasteiger charge is -2.07. The van der Waals surface area contributed by atoms with Gasteiger partial charge in [0.05, 0.1) is 6.42 Å². The molecule has 2 aromatic rings. The topological polar surface area (TPSA) is 96.3 Å². The van der Waals surface area contributed by atoms with Crippen LogP contribution in [0.15, 0.2) is 34.9 Å². The molecule has 122 valence electrons. The van der Waals surface area contributed by atoms with Gasteiger partial charge in [-0.05, 0) is 24.6 Å². The Morgan fingerprint density at radius 2 is 1.87 bits per heavy atom. The van der Waals surface area contributed by atoms with Crippen molar-refractivity contribution in [3.05, 3.63) is 47.5 Å². The SMILES string of the molecule is Cc1cc(NC(=O)NCCNC(=O)Cc2ccc(F)cc2)no1. The molecule has 0 atom stereocenters. The molecular formula is C15H17FN4O3. The first-order chi connectivity index (χ1) is 11.0. The van der Waals surface area contributed by atoms with Crippen molar-refractivity contribution in [1.29, 1.82) is 0 Å². The van der Waals surface area contributed by atoms with E-state index < -0.39 is 6.03 Å². The zero-order valence-corrected chi connectivity index (χ0v) is 12.6. The predicted molar refractivity (Wildman–Crippen MR) is 81.4 cm³/mol. The number of urea groups is 1. The maximum Gasteiger partial charge on any atom is 0.320 e. The lowest BCUT2D eigenvalue weighted by atomic mass is 10.1. The first-order valence-corrected chi connectivity index (χ1v) is 7.02. The normalized spacial score (nSPS) is 10.2. The molecule has 0 aliphatic rings. The summed E-state index contributed by atoms with van der Waals surface area (Å²) < 4.78 is 17.6. The van der Waals surface area contributed by atoms with Crippen LogP contribution in [0.5, 0.6) is 0 Å². The van der Waals surface area contributed by atoms with Gasteiger partial charge in [-0.3, -0.25) is 10.1 Å². The number of rotatable bonds is 6. The van der Waals surface area contributed by atoms with Crippen LogP contribution in [0.3, 0.4) is 0 Å². The third-order valence-corrected chi connectivity index (χ3v) is 2.88. The third kappa shape index (κ3) is 5.77. The van der Waals surface area contributed by atoms with Crippen molar-refractivity contribution in [3.8, 4) is 0 Å². The van der Waals surface area contributed by atoms with E-state index in [0.29, 0.717) is 11.6 Å². The van der Waals surface area contributed by atoms with Gasteiger partial charge in [-0.25, -0.2) is 9.18 Å². The summed E-state index contributed by atoms with van der Waals surface area (Å²) in [6.07, 6.45) is 0.157. The van der Waals surface area contributed by atoms with Gasteiger partial charge < -0.3 is 15.2 Å². The van der Waals surface area contributed by atoms with E-state index in [-0.39, 0.29) is 31.2 Å². The van der Waals surface area contributed by atoms with Crippen LogP contribution in [-0.4, -0.2) is 30.2 Å². The maximum absolute atomic E-state index is 12.7. The fraction of sp³-hybridized carbons (Fsp3) is 0.267. The average molecular weight is 320 g/mol. The number of halogens is 1. The monoisotopic (exact) mass is 320 g/mol. The summed E-state index contributed by atoms with van der Waals surface area (Å²) in [7, 11) is 0.